The van der Waals surface area contributed by atoms with Gasteiger partial charge in [0.1, 0.15) is 0 Å². The molecule has 14 aromatic rings. The predicted molar refractivity (Wildman–Crippen MR) is 323 cm³/mol. The summed E-state index contributed by atoms with van der Waals surface area (Å²) in [5, 5.41) is 7.48. The fraction of sp³-hybridized carbons (Fsp3) is 0. The average molecular weight is 967 g/mol. The van der Waals surface area contributed by atoms with E-state index in [2.05, 4.69) is 313 Å². The second-order valence-electron chi connectivity index (χ2n) is 19.6. The molecule has 0 saturated heterocycles. The summed E-state index contributed by atoms with van der Waals surface area (Å²) in [5.74, 6) is 0. The van der Waals surface area contributed by atoms with Gasteiger partial charge in [-0.1, -0.05) is 249 Å². The minimum absolute atomic E-state index is 1.07. The average Bonchev–Trinajstić information content (AvgIpc) is 3.97. The molecule has 76 heavy (non-hydrogen) atoms. The van der Waals surface area contributed by atoms with Crippen molar-refractivity contribution < 1.29 is 0 Å². The van der Waals surface area contributed by atoms with Gasteiger partial charge in [0.05, 0.1) is 11.0 Å². The van der Waals surface area contributed by atoms with Gasteiger partial charge in [-0.25, -0.2) is 0 Å². The van der Waals surface area contributed by atoms with Crippen LogP contribution in [0.3, 0.4) is 0 Å². The molecule has 0 radical (unpaired) electrons. The van der Waals surface area contributed by atoms with Crippen molar-refractivity contribution in [3.05, 3.63) is 303 Å². The van der Waals surface area contributed by atoms with Gasteiger partial charge in [0.2, 0.25) is 0 Å². The number of nitrogens with zero attached hydrogens (tertiary/aromatic N) is 2. The molecule has 0 atom stereocenters. The lowest BCUT2D eigenvalue weighted by Gasteiger charge is -2.26. The van der Waals surface area contributed by atoms with Crippen LogP contribution in [-0.2, 0) is 0 Å². The fourth-order valence-corrected chi connectivity index (χ4v) is 11.5. The van der Waals surface area contributed by atoms with Gasteiger partial charge in [0.25, 0.3) is 0 Å². The van der Waals surface area contributed by atoms with E-state index in [1.165, 1.54) is 105 Å². The smallest absolute Gasteiger partial charge is 0.0625 e. The number of rotatable bonds is 10. The first-order chi connectivity index (χ1) is 37.7. The third-order valence-electron chi connectivity index (χ3n) is 15.2. The number of hydrogen-bond acceptors (Lipinski definition) is 1. The van der Waals surface area contributed by atoms with Crippen LogP contribution < -0.4 is 4.90 Å². The fourth-order valence-electron chi connectivity index (χ4n) is 11.5. The summed E-state index contributed by atoms with van der Waals surface area (Å²) in [6.45, 7) is 0. The van der Waals surface area contributed by atoms with Crippen LogP contribution in [0.25, 0.3) is 116 Å². The molecule has 0 bridgehead atoms. The highest BCUT2D eigenvalue weighted by Crippen LogP contribution is 2.45. The van der Waals surface area contributed by atoms with Gasteiger partial charge in [0.15, 0.2) is 0 Å². The maximum absolute atomic E-state index is 2.45. The Balaban J connectivity index is 0.872. The number of benzene rings is 13. The lowest BCUT2D eigenvalue weighted by atomic mass is 9.94. The highest BCUT2D eigenvalue weighted by Gasteiger charge is 2.22. The van der Waals surface area contributed by atoms with Crippen LogP contribution >= 0.6 is 0 Å². The van der Waals surface area contributed by atoms with E-state index < -0.39 is 0 Å². The van der Waals surface area contributed by atoms with Crippen LogP contribution in [-0.4, -0.2) is 4.57 Å². The summed E-state index contributed by atoms with van der Waals surface area (Å²) in [7, 11) is 0. The third-order valence-corrected chi connectivity index (χ3v) is 15.2. The molecular formula is C74H50N2. The molecule has 14 rings (SSSR count). The van der Waals surface area contributed by atoms with Crippen LogP contribution in [0.4, 0.5) is 17.1 Å². The SMILES string of the molecule is c1ccc(-c2ccc(-c3cccc(N(c4ccc(-c5ccc(-c6cccc7ccccc67)cc5)cc4)c4ccc(-c5ccc(-c6cccc7ccccc67)cc5)cc4)c3)c3c4ccccc4n(-c4ccccc4)c23)cc1. The molecular weight excluding hydrogens is 917 g/mol. The Bertz CT molecular complexity index is 4220. The van der Waals surface area contributed by atoms with Crippen molar-refractivity contribution in [1.82, 2.24) is 4.57 Å². The highest BCUT2D eigenvalue weighted by molar-refractivity contribution is 6.19. The van der Waals surface area contributed by atoms with Crippen molar-refractivity contribution in [2.45, 2.75) is 0 Å². The summed E-state index contributed by atoms with van der Waals surface area (Å²) in [6.07, 6.45) is 0. The molecule has 0 N–H and O–H groups in total. The Kier molecular flexibility index (Phi) is 11.2. The molecule has 1 heterocycles. The molecule has 0 saturated carbocycles. The predicted octanol–water partition coefficient (Wildman–Crippen LogP) is 20.6. The number of aromatic nitrogens is 1. The van der Waals surface area contributed by atoms with E-state index >= 15 is 0 Å². The first-order valence-electron chi connectivity index (χ1n) is 26.2. The van der Waals surface area contributed by atoms with Gasteiger partial charge >= 0.3 is 0 Å². The van der Waals surface area contributed by atoms with E-state index in [0.29, 0.717) is 0 Å². The lowest BCUT2D eigenvalue weighted by Crippen LogP contribution is -2.10. The first-order valence-corrected chi connectivity index (χ1v) is 26.2. The minimum Gasteiger partial charge on any atom is -0.310 e. The molecule has 0 fully saturated rings. The van der Waals surface area contributed by atoms with Crippen molar-refractivity contribution in [2.75, 3.05) is 4.90 Å². The summed E-state index contributed by atoms with van der Waals surface area (Å²) in [4.78, 5) is 2.40. The Labute approximate surface area is 443 Å². The van der Waals surface area contributed by atoms with Gasteiger partial charge in [0, 0.05) is 39.1 Å². The van der Waals surface area contributed by atoms with Crippen molar-refractivity contribution >= 4 is 60.4 Å². The van der Waals surface area contributed by atoms with Crippen molar-refractivity contribution in [2.24, 2.45) is 0 Å². The summed E-state index contributed by atoms with van der Waals surface area (Å²) in [6, 6.07) is 111. The molecule has 356 valence electrons. The topological polar surface area (TPSA) is 8.17 Å². The van der Waals surface area contributed by atoms with Gasteiger partial charge in [-0.2, -0.15) is 0 Å². The Hall–Kier alpha value is -10.0. The molecule has 0 aliphatic heterocycles. The quantitative estimate of drug-likeness (QED) is 0.133. The molecule has 0 aliphatic carbocycles. The maximum Gasteiger partial charge on any atom is 0.0625 e. The zero-order chi connectivity index (χ0) is 50.4. The normalized spacial score (nSPS) is 11.4. The maximum atomic E-state index is 2.45. The molecule has 2 nitrogen and oxygen atoms in total. The van der Waals surface area contributed by atoms with Crippen molar-refractivity contribution in [3.8, 4) is 72.4 Å². The van der Waals surface area contributed by atoms with E-state index in [9.17, 15) is 0 Å². The molecule has 0 amide bonds. The van der Waals surface area contributed by atoms with Crippen molar-refractivity contribution in [1.29, 1.82) is 0 Å². The number of fused-ring (bicyclic) bond motifs is 5. The van der Waals surface area contributed by atoms with Gasteiger partial charge in [-0.05, 0) is 137 Å². The Morgan fingerprint density at radius 3 is 1.21 bits per heavy atom. The second kappa shape index (κ2) is 19.1. The zero-order valence-corrected chi connectivity index (χ0v) is 41.8. The van der Waals surface area contributed by atoms with E-state index in [1.807, 2.05) is 0 Å². The first kappa shape index (κ1) is 44.7. The Morgan fingerprint density at radius 1 is 0.237 bits per heavy atom. The van der Waals surface area contributed by atoms with E-state index in [0.717, 1.165) is 28.3 Å². The summed E-state index contributed by atoms with van der Waals surface area (Å²) < 4.78 is 2.45. The highest BCUT2D eigenvalue weighted by atomic mass is 15.1. The number of hydrogen-bond donors (Lipinski definition) is 0. The van der Waals surface area contributed by atoms with Crippen molar-refractivity contribution in [3.63, 3.8) is 0 Å². The van der Waals surface area contributed by atoms with Crippen LogP contribution in [0.15, 0.2) is 303 Å². The van der Waals surface area contributed by atoms with Gasteiger partial charge in [-0.15, -0.1) is 0 Å². The molecule has 0 unspecified atom stereocenters. The standard InChI is InChI=1S/C74H50N2/c1-3-16-57(17-4-1)70-49-48-69(73-71-28-11-12-31-72(71)76(74(70)73)61-23-5-2-6-24-61)60-22-13-25-64(50-60)75(62-44-40-53(41-45-62)51-32-36-58(37-33-51)67-29-14-20-55-18-7-9-26-65(55)67)63-46-42-54(43-47-63)52-34-38-59(39-35-52)68-30-15-21-56-19-8-10-27-66(56)68/h1-50H. The molecule has 2 heteroatoms. The molecule has 0 spiro atoms. The van der Waals surface area contributed by atoms with Gasteiger partial charge in [-0.3, -0.25) is 0 Å². The van der Waals surface area contributed by atoms with E-state index in [-0.39, 0.29) is 0 Å². The number of para-hydroxylation sites is 2. The lowest BCUT2D eigenvalue weighted by molar-refractivity contribution is 1.18. The number of anilines is 3. The molecule has 0 aliphatic rings. The van der Waals surface area contributed by atoms with E-state index in [4.69, 9.17) is 0 Å². The Morgan fingerprint density at radius 2 is 0.645 bits per heavy atom. The summed E-state index contributed by atoms with van der Waals surface area (Å²) in [5.41, 5.74) is 21.1. The zero-order valence-electron chi connectivity index (χ0n) is 41.8. The van der Waals surface area contributed by atoms with E-state index in [1.54, 1.807) is 0 Å². The summed E-state index contributed by atoms with van der Waals surface area (Å²) >= 11 is 0. The van der Waals surface area contributed by atoms with Crippen LogP contribution in [0.2, 0.25) is 0 Å². The molecule has 13 aromatic carbocycles. The third kappa shape index (κ3) is 8.01. The monoisotopic (exact) mass is 966 g/mol. The molecule has 1 aromatic heterocycles. The minimum atomic E-state index is 1.07. The largest absolute Gasteiger partial charge is 0.310 e. The van der Waals surface area contributed by atoms with Crippen LogP contribution in [0.1, 0.15) is 0 Å². The van der Waals surface area contributed by atoms with Gasteiger partial charge < -0.3 is 9.47 Å². The second-order valence-corrected chi connectivity index (χ2v) is 19.6. The van der Waals surface area contributed by atoms with Crippen LogP contribution in [0.5, 0.6) is 0 Å². The van der Waals surface area contributed by atoms with Crippen LogP contribution in [0, 0.1) is 0 Å².